The number of nitrogens with one attached hydrogen (secondary N) is 3. The molecule has 1 rings (SSSR count). The van der Waals surface area contributed by atoms with E-state index in [0.29, 0.717) is 25.6 Å². The Morgan fingerprint density at radius 1 is 1.19 bits per heavy atom. The molecule has 21 heavy (non-hydrogen) atoms. The quantitative estimate of drug-likeness (QED) is 0.372. The Morgan fingerprint density at radius 2 is 1.86 bits per heavy atom. The topological polar surface area (TPSA) is 91.8 Å². The normalized spacial score (nSPS) is 12.0. The monoisotopic (exact) mass is 314 g/mol. The van der Waals surface area contributed by atoms with E-state index in [1.54, 1.807) is 14.2 Å². The fraction of sp³-hybridized carbons (Fsp3) is 0.462. The van der Waals surface area contributed by atoms with Gasteiger partial charge < -0.3 is 15.4 Å². The zero-order valence-corrected chi connectivity index (χ0v) is 13.3. The van der Waals surface area contributed by atoms with Crippen LogP contribution in [0.5, 0.6) is 5.75 Å². The molecule has 0 spiro atoms. The summed E-state index contributed by atoms with van der Waals surface area (Å²) in [5.41, 5.74) is 1.09. The molecule has 0 unspecified atom stereocenters. The van der Waals surface area contributed by atoms with E-state index >= 15 is 0 Å². The van der Waals surface area contributed by atoms with Gasteiger partial charge in [-0.3, -0.25) is 4.99 Å². The second kappa shape index (κ2) is 8.48. The van der Waals surface area contributed by atoms with Crippen molar-refractivity contribution < 1.29 is 13.2 Å². The molecule has 0 heterocycles. The molecular weight excluding hydrogens is 292 g/mol. The first-order valence-electron chi connectivity index (χ1n) is 6.46. The van der Waals surface area contributed by atoms with Crippen LogP contribution < -0.4 is 20.1 Å². The van der Waals surface area contributed by atoms with E-state index in [0.717, 1.165) is 17.6 Å². The van der Waals surface area contributed by atoms with E-state index < -0.39 is 10.0 Å². The van der Waals surface area contributed by atoms with Crippen LogP contribution in [0.15, 0.2) is 29.3 Å². The molecule has 1 aromatic rings. The van der Waals surface area contributed by atoms with Crippen molar-refractivity contribution in [3.8, 4) is 5.75 Å². The van der Waals surface area contributed by atoms with Gasteiger partial charge in [0.1, 0.15) is 5.75 Å². The van der Waals surface area contributed by atoms with E-state index in [9.17, 15) is 8.42 Å². The first-order chi connectivity index (χ1) is 9.94. The Labute approximate surface area is 125 Å². The number of ether oxygens (including phenoxy) is 1. The van der Waals surface area contributed by atoms with Crippen molar-refractivity contribution in [2.24, 2.45) is 4.99 Å². The predicted molar refractivity (Wildman–Crippen MR) is 84.0 cm³/mol. The highest BCUT2D eigenvalue weighted by atomic mass is 32.2. The minimum absolute atomic E-state index is 0.308. The Kier molecular flexibility index (Phi) is 6.97. The van der Waals surface area contributed by atoms with Crippen molar-refractivity contribution in [3.05, 3.63) is 29.8 Å². The summed E-state index contributed by atoms with van der Waals surface area (Å²) in [5.74, 6) is 1.43. The molecule has 0 saturated carbocycles. The lowest BCUT2D eigenvalue weighted by Gasteiger charge is -2.12. The maximum absolute atomic E-state index is 10.9. The number of sulfonamides is 1. The molecule has 0 aliphatic heterocycles. The predicted octanol–water partition coefficient (Wildman–Crippen LogP) is -0.0906. The molecule has 0 fully saturated rings. The van der Waals surface area contributed by atoms with Crippen molar-refractivity contribution in [2.75, 3.05) is 33.5 Å². The minimum atomic E-state index is -3.15. The molecule has 0 aromatic heterocycles. The average Bonchev–Trinajstić information content (AvgIpc) is 2.46. The van der Waals surface area contributed by atoms with E-state index in [2.05, 4.69) is 20.3 Å². The van der Waals surface area contributed by atoms with Crippen LogP contribution in [0, 0.1) is 0 Å². The first-order valence-corrected chi connectivity index (χ1v) is 8.36. The highest BCUT2D eigenvalue weighted by molar-refractivity contribution is 7.88. The molecule has 8 heteroatoms. The zero-order valence-electron chi connectivity index (χ0n) is 12.5. The molecular formula is C13H22N4O3S. The van der Waals surface area contributed by atoms with Gasteiger partial charge in [0.25, 0.3) is 0 Å². The van der Waals surface area contributed by atoms with Crippen LogP contribution in [0.1, 0.15) is 5.56 Å². The molecule has 0 aliphatic rings. The van der Waals surface area contributed by atoms with E-state index in [4.69, 9.17) is 4.74 Å². The SMILES string of the molecule is CN=C(NCCNS(C)(=O)=O)NCc1ccc(OC)cc1. The number of aliphatic imine (C=N–C) groups is 1. The molecule has 0 aliphatic carbocycles. The largest absolute Gasteiger partial charge is 0.497 e. The fourth-order valence-corrected chi connectivity index (χ4v) is 2.04. The van der Waals surface area contributed by atoms with Crippen LogP contribution in [0.2, 0.25) is 0 Å². The third-order valence-electron chi connectivity index (χ3n) is 2.62. The van der Waals surface area contributed by atoms with Crippen LogP contribution in [-0.2, 0) is 16.6 Å². The highest BCUT2D eigenvalue weighted by Gasteiger charge is 2.01. The van der Waals surface area contributed by atoms with Gasteiger partial charge in [0.15, 0.2) is 5.96 Å². The summed E-state index contributed by atoms with van der Waals surface area (Å²) in [6.07, 6.45) is 1.13. The molecule has 0 atom stereocenters. The molecule has 7 nitrogen and oxygen atoms in total. The van der Waals surface area contributed by atoms with Crippen LogP contribution >= 0.6 is 0 Å². The van der Waals surface area contributed by atoms with Crippen molar-refractivity contribution >= 4 is 16.0 Å². The van der Waals surface area contributed by atoms with E-state index in [1.165, 1.54) is 0 Å². The van der Waals surface area contributed by atoms with Crippen molar-refractivity contribution in [3.63, 3.8) is 0 Å². The van der Waals surface area contributed by atoms with Crippen LogP contribution in [0.3, 0.4) is 0 Å². The van der Waals surface area contributed by atoms with Crippen molar-refractivity contribution in [2.45, 2.75) is 6.54 Å². The van der Waals surface area contributed by atoms with Crippen LogP contribution in [0.25, 0.3) is 0 Å². The zero-order chi connectivity index (χ0) is 15.7. The third kappa shape index (κ3) is 7.52. The molecule has 1 aromatic carbocycles. The van der Waals surface area contributed by atoms with Crippen molar-refractivity contribution in [1.82, 2.24) is 15.4 Å². The third-order valence-corrected chi connectivity index (χ3v) is 3.35. The number of hydrogen-bond acceptors (Lipinski definition) is 4. The smallest absolute Gasteiger partial charge is 0.208 e. The summed E-state index contributed by atoms with van der Waals surface area (Å²) in [6.45, 7) is 1.38. The summed E-state index contributed by atoms with van der Waals surface area (Å²) in [4.78, 5) is 4.06. The van der Waals surface area contributed by atoms with E-state index in [1.807, 2.05) is 24.3 Å². The van der Waals surface area contributed by atoms with Crippen LogP contribution in [-0.4, -0.2) is 47.9 Å². The molecule has 0 amide bonds. The van der Waals surface area contributed by atoms with Gasteiger partial charge in [-0.05, 0) is 17.7 Å². The molecule has 118 valence electrons. The average molecular weight is 314 g/mol. The highest BCUT2D eigenvalue weighted by Crippen LogP contribution is 2.10. The van der Waals surface area contributed by atoms with Gasteiger partial charge in [-0.1, -0.05) is 12.1 Å². The summed E-state index contributed by atoms with van der Waals surface area (Å²) in [6, 6.07) is 7.71. The minimum Gasteiger partial charge on any atom is -0.497 e. The van der Waals surface area contributed by atoms with Gasteiger partial charge in [0.2, 0.25) is 10.0 Å². The van der Waals surface area contributed by atoms with Gasteiger partial charge in [0.05, 0.1) is 13.4 Å². The lowest BCUT2D eigenvalue weighted by atomic mass is 10.2. The Balaban J connectivity index is 2.33. The maximum atomic E-state index is 10.9. The van der Waals surface area contributed by atoms with Crippen LogP contribution in [0.4, 0.5) is 0 Å². The summed E-state index contributed by atoms with van der Waals surface area (Å²) < 4.78 is 29.3. The molecule has 0 radical (unpaired) electrons. The fourth-order valence-electron chi connectivity index (χ4n) is 1.57. The number of benzene rings is 1. The number of guanidine groups is 1. The van der Waals surface area contributed by atoms with Crippen molar-refractivity contribution in [1.29, 1.82) is 0 Å². The Morgan fingerprint density at radius 3 is 2.38 bits per heavy atom. The Bertz CT molecular complexity index is 555. The Hall–Kier alpha value is -1.80. The van der Waals surface area contributed by atoms with Gasteiger partial charge in [-0.15, -0.1) is 0 Å². The number of nitrogens with zero attached hydrogens (tertiary/aromatic N) is 1. The second-order valence-electron chi connectivity index (χ2n) is 4.37. The summed E-state index contributed by atoms with van der Waals surface area (Å²) >= 11 is 0. The molecule has 0 bridgehead atoms. The lowest BCUT2D eigenvalue weighted by Crippen LogP contribution is -2.41. The van der Waals surface area contributed by atoms with Gasteiger partial charge in [0, 0.05) is 26.7 Å². The molecule has 3 N–H and O–H groups in total. The number of rotatable bonds is 7. The first kappa shape index (κ1) is 17.3. The number of hydrogen-bond donors (Lipinski definition) is 3. The number of methoxy groups -OCH3 is 1. The maximum Gasteiger partial charge on any atom is 0.208 e. The van der Waals surface area contributed by atoms with Gasteiger partial charge in [-0.25, -0.2) is 13.1 Å². The van der Waals surface area contributed by atoms with Gasteiger partial charge in [-0.2, -0.15) is 0 Å². The molecule has 0 saturated heterocycles. The lowest BCUT2D eigenvalue weighted by molar-refractivity contribution is 0.414. The second-order valence-corrected chi connectivity index (χ2v) is 6.20. The standard InChI is InChI=1S/C13H22N4O3S/c1-14-13(15-8-9-17-21(3,18)19)16-10-11-4-6-12(20-2)7-5-11/h4-7,17H,8-10H2,1-3H3,(H2,14,15,16). The summed E-state index contributed by atoms with van der Waals surface area (Å²) in [7, 11) is 0.136. The van der Waals surface area contributed by atoms with E-state index in [-0.39, 0.29) is 0 Å². The summed E-state index contributed by atoms with van der Waals surface area (Å²) in [5, 5.41) is 6.16. The van der Waals surface area contributed by atoms with Gasteiger partial charge >= 0.3 is 0 Å².